The zero-order valence-corrected chi connectivity index (χ0v) is 19.0. The number of hydrogen-bond acceptors (Lipinski definition) is 5. The highest BCUT2D eigenvalue weighted by Crippen LogP contribution is 2.50. The molecule has 1 atom stereocenters. The summed E-state index contributed by atoms with van der Waals surface area (Å²) < 4.78 is 11.6. The minimum absolute atomic E-state index is 0.134. The van der Waals surface area contributed by atoms with Crippen LogP contribution in [0.4, 0.5) is 0 Å². The number of benzene rings is 2. The number of ketones is 1. The highest BCUT2D eigenvalue weighted by atomic mass is 79.9. The first-order valence-electron chi connectivity index (χ1n) is 9.45. The Morgan fingerprint density at radius 3 is 2.60 bits per heavy atom. The first kappa shape index (κ1) is 20.7. The van der Waals surface area contributed by atoms with Gasteiger partial charge in [-0.25, -0.2) is 4.79 Å². The standard InChI is InChI=1S/C23H19BrClNO4/c1-4-30-23(28)17-11(2)26-20-13-7-5-6-8-14(13)21(27)19(20)18(17)15-9-12(24)10-16(25)22(15)29-3/h5-10,18,26H,4H2,1-3H3/t18-/m0/s1. The van der Waals surface area contributed by atoms with Gasteiger partial charge in [-0.2, -0.15) is 0 Å². The molecule has 0 amide bonds. The van der Waals surface area contributed by atoms with Crippen LogP contribution in [0.3, 0.4) is 0 Å². The first-order valence-corrected chi connectivity index (χ1v) is 10.6. The van der Waals surface area contributed by atoms with Crippen LogP contribution in [0.15, 0.2) is 57.7 Å². The second kappa shape index (κ2) is 7.93. The molecule has 5 nitrogen and oxygen atoms in total. The van der Waals surface area contributed by atoms with Crippen molar-refractivity contribution in [3.8, 4) is 5.75 Å². The lowest BCUT2D eigenvalue weighted by Gasteiger charge is -2.30. The quantitative estimate of drug-likeness (QED) is 0.596. The molecule has 0 fully saturated rings. The maximum Gasteiger partial charge on any atom is 0.336 e. The first-order chi connectivity index (χ1) is 14.4. The maximum absolute atomic E-state index is 13.5. The van der Waals surface area contributed by atoms with Crippen molar-refractivity contribution in [2.45, 2.75) is 19.8 Å². The summed E-state index contributed by atoms with van der Waals surface area (Å²) in [6, 6.07) is 10.9. The Balaban J connectivity index is 2.02. The summed E-state index contributed by atoms with van der Waals surface area (Å²) in [5.74, 6) is -0.895. The van der Waals surface area contributed by atoms with Crippen LogP contribution in [0.1, 0.15) is 41.3 Å². The van der Waals surface area contributed by atoms with E-state index < -0.39 is 11.9 Å². The summed E-state index contributed by atoms with van der Waals surface area (Å²) in [6.45, 7) is 3.77. The fourth-order valence-electron chi connectivity index (χ4n) is 4.13. The molecule has 1 aliphatic heterocycles. The Morgan fingerprint density at radius 2 is 1.93 bits per heavy atom. The third-order valence-corrected chi connectivity index (χ3v) is 6.04. The summed E-state index contributed by atoms with van der Waals surface area (Å²) in [4.78, 5) is 26.4. The van der Waals surface area contributed by atoms with Gasteiger partial charge >= 0.3 is 5.97 Å². The Bertz CT molecular complexity index is 1150. The minimum Gasteiger partial charge on any atom is -0.495 e. The number of hydrogen-bond donors (Lipinski definition) is 1. The molecule has 7 heteroatoms. The van der Waals surface area contributed by atoms with Gasteiger partial charge in [0.2, 0.25) is 0 Å². The number of halogens is 2. The van der Waals surface area contributed by atoms with E-state index in [1.54, 1.807) is 26.0 Å². The van der Waals surface area contributed by atoms with Crippen LogP contribution in [0.25, 0.3) is 5.70 Å². The van der Waals surface area contributed by atoms with Crippen LogP contribution in [-0.4, -0.2) is 25.5 Å². The maximum atomic E-state index is 13.5. The molecule has 1 heterocycles. The van der Waals surface area contributed by atoms with Crippen molar-refractivity contribution < 1.29 is 19.1 Å². The third kappa shape index (κ3) is 3.15. The van der Waals surface area contributed by atoms with Crippen LogP contribution in [0, 0.1) is 0 Å². The molecule has 154 valence electrons. The van der Waals surface area contributed by atoms with E-state index in [9.17, 15) is 9.59 Å². The second-order valence-corrected chi connectivity index (χ2v) is 8.31. The molecule has 2 aliphatic rings. The summed E-state index contributed by atoms with van der Waals surface area (Å²) in [7, 11) is 1.51. The second-order valence-electron chi connectivity index (χ2n) is 6.99. The van der Waals surface area contributed by atoms with E-state index in [-0.39, 0.29) is 12.4 Å². The van der Waals surface area contributed by atoms with Gasteiger partial charge in [-0.1, -0.05) is 51.8 Å². The molecule has 0 saturated carbocycles. The lowest BCUT2D eigenvalue weighted by atomic mass is 9.79. The van der Waals surface area contributed by atoms with E-state index in [1.807, 2.05) is 24.3 Å². The van der Waals surface area contributed by atoms with Gasteiger partial charge < -0.3 is 14.8 Å². The number of carbonyl (C=O) groups is 2. The van der Waals surface area contributed by atoms with E-state index in [2.05, 4.69) is 21.2 Å². The highest BCUT2D eigenvalue weighted by Gasteiger charge is 2.44. The van der Waals surface area contributed by atoms with Gasteiger partial charge in [0.1, 0.15) is 5.75 Å². The third-order valence-electron chi connectivity index (χ3n) is 5.30. The molecule has 0 unspecified atom stereocenters. The molecule has 0 bridgehead atoms. The number of fused-ring (bicyclic) bond motifs is 2. The number of rotatable bonds is 4. The summed E-state index contributed by atoms with van der Waals surface area (Å²) in [5, 5.41) is 3.65. The van der Waals surface area contributed by atoms with Crippen molar-refractivity contribution in [2.75, 3.05) is 13.7 Å². The number of nitrogens with one attached hydrogen (secondary N) is 1. The average Bonchev–Trinajstić information content (AvgIpc) is 2.99. The minimum atomic E-state index is -0.690. The van der Waals surface area contributed by atoms with Gasteiger partial charge in [0.15, 0.2) is 5.78 Å². The molecular weight excluding hydrogens is 470 g/mol. The number of Topliss-reactive ketones (excluding diaryl/α,β-unsaturated/α-hetero) is 1. The molecular formula is C23H19BrClNO4. The van der Waals surface area contributed by atoms with Crippen molar-refractivity contribution >= 4 is 45.0 Å². The van der Waals surface area contributed by atoms with E-state index in [4.69, 9.17) is 21.1 Å². The number of esters is 1. The molecule has 1 N–H and O–H groups in total. The van der Waals surface area contributed by atoms with Crippen LogP contribution in [0.2, 0.25) is 5.02 Å². The number of ether oxygens (including phenoxy) is 2. The van der Waals surface area contributed by atoms with Gasteiger partial charge in [0.25, 0.3) is 0 Å². The van der Waals surface area contributed by atoms with Gasteiger partial charge in [-0.05, 0) is 26.0 Å². The van der Waals surface area contributed by atoms with E-state index in [1.165, 1.54) is 7.11 Å². The topological polar surface area (TPSA) is 64.6 Å². The largest absolute Gasteiger partial charge is 0.495 e. The lowest BCUT2D eigenvalue weighted by Crippen LogP contribution is -2.29. The number of methoxy groups -OCH3 is 1. The predicted octanol–water partition coefficient (Wildman–Crippen LogP) is 5.24. The summed E-state index contributed by atoms with van der Waals surface area (Å²) >= 11 is 9.92. The van der Waals surface area contributed by atoms with E-state index in [0.29, 0.717) is 48.9 Å². The van der Waals surface area contributed by atoms with E-state index >= 15 is 0 Å². The molecule has 30 heavy (non-hydrogen) atoms. The fourth-order valence-corrected chi connectivity index (χ4v) is 5.04. The van der Waals surface area contributed by atoms with Gasteiger partial charge in [0, 0.05) is 32.4 Å². The summed E-state index contributed by atoms with van der Waals surface area (Å²) in [5.41, 5.74) is 4.20. The molecule has 0 aromatic heterocycles. The molecule has 1 aliphatic carbocycles. The normalized spacial score (nSPS) is 17.5. The Hall–Kier alpha value is -2.57. The summed E-state index contributed by atoms with van der Waals surface area (Å²) in [6.07, 6.45) is 0. The van der Waals surface area contributed by atoms with Gasteiger partial charge in [-0.15, -0.1) is 0 Å². The lowest BCUT2D eigenvalue weighted by molar-refractivity contribution is -0.138. The van der Waals surface area contributed by atoms with Crippen molar-refractivity contribution in [2.24, 2.45) is 0 Å². The van der Waals surface area contributed by atoms with Crippen molar-refractivity contribution in [1.29, 1.82) is 0 Å². The average molecular weight is 489 g/mol. The number of carbonyl (C=O) groups excluding carboxylic acids is 2. The Morgan fingerprint density at radius 1 is 1.23 bits per heavy atom. The van der Waals surface area contributed by atoms with Crippen LogP contribution in [0.5, 0.6) is 5.75 Å². The van der Waals surface area contributed by atoms with Crippen LogP contribution in [-0.2, 0) is 9.53 Å². The van der Waals surface area contributed by atoms with Crippen molar-refractivity contribution in [3.05, 3.63) is 79.4 Å². The molecule has 2 aromatic rings. The molecule has 2 aromatic carbocycles. The van der Waals surface area contributed by atoms with Crippen LogP contribution < -0.4 is 10.1 Å². The molecule has 0 radical (unpaired) electrons. The van der Waals surface area contributed by atoms with Crippen molar-refractivity contribution in [3.63, 3.8) is 0 Å². The van der Waals surface area contributed by atoms with E-state index in [0.717, 1.165) is 5.56 Å². The number of allylic oxidation sites excluding steroid dienone is 2. The van der Waals surface area contributed by atoms with Gasteiger partial charge in [-0.3, -0.25) is 4.79 Å². The smallest absolute Gasteiger partial charge is 0.336 e. The predicted molar refractivity (Wildman–Crippen MR) is 119 cm³/mol. The monoisotopic (exact) mass is 487 g/mol. The number of dihydropyridines is 1. The molecule has 4 rings (SSSR count). The Kier molecular flexibility index (Phi) is 5.47. The zero-order chi connectivity index (χ0) is 21.6. The Labute approximate surface area is 187 Å². The van der Waals surface area contributed by atoms with Gasteiger partial charge in [0.05, 0.1) is 35.9 Å². The van der Waals surface area contributed by atoms with Crippen molar-refractivity contribution in [1.82, 2.24) is 5.32 Å². The SMILES string of the molecule is CCOC(=O)C1=C(C)NC2=C(C(=O)c3ccccc32)[C@H]1c1cc(Br)cc(Cl)c1OC. The molecule has 0 spiro atoms. The zero-order valence-electron chi connectivity index (χ0n) is 16.6. The highest BCUT2D eigenvalue weighted by molar-refractivity contribution is 9.10. The van der Waals surface area contributed by atoms with Crippen LogP contribution >= 0.6 is 27.5 Å². The fraction of sp³-hybridized carbons (Fsp3) is 0.217. The molecule has 0 saturated heterocycles.